The maximum Gasteiger partial charge on any atom is 0.0700 e. The zero-order chi connectivity index (χ0) is 12.2. The molecule has 17 heavy (non-hydrogen) atoms. The van der Waals surface area contributed by atoms with Gasteiger partial charge >= 0.3 is 0 Å². The van der Waals surface area contributed by atoms with Gasteiger partial charge in [-0.2, -0.15) is 0 Å². The van der Waals surface area contributed by atoms with E-state index in [1.54, 1.807) is 7.11 Å². The Morgan fingerprint density at radius 2 is 1.65 bits per heavy atom. The average Bonchev–Trinajstić information content (AvgIpc) is 2.38. The first kappa shape index (κ1) is 14.9. The summed E-state index contributed by atoms with van der Waals surface area (Å²) >= 11 is 0. The molecule has 1 aliphatic rings. The van der Waals surface area contributed by atoms with E-state index < -0.39 is 0 Å². The Labute approximate surface area is 104 Å². The summed E-state index contributed by atoms with van der Waals surface area (Å²) in [6, 6.07) is 0. The second-order valence-corrected chi connectivity index (χ2v) is 4.16. The van der Waals surface area contributed by atoms with Crippen molar-refractivity contribution in [3.05, 3.63) is 0 Å². The Balaban J connectivity index is 1.75. The maximum atomic E-state index is 5.57. The summed E-state index contributed by atoms with van der Waals surface area (Å²) in [6.07, 6.45) is 0.964. The number of nitrogens with zero attached hydrogens (tertiary/aromatic N) is 1. The molecule has 1 fully saturated rings. The number of piperazine rings is 1. The van der Waals surface area contributed by atoms with Crippen molar-refractivity contribution in [2.24, 2.45) is 0 Å². The van der Waals surface area contributed by atoms with Gasteiger partial charge in [0.05, 0.1) is 19.8 Å². The summed E-state index contributed by atoms with van der Waals surface area (Å²) in [7, 11) is 1.68. The Morgan fingerprint density at radius 1 is 0.941 bits per heavy atom. The van der Waals surface area contributed by atoms with E-state index in [0.717, 1.165) is 59.0 Å². The van der Waals surface area contributed by atoms with E-state index in [4.69, 9.17) is 14.2 Å². The third kappa shape index (κ3) is 8.51. The highest BCUT2D eigenvalue weighted by molar-refractivity contribution is 4.66. The molecular weight excluding hydrogens is 220 g/mol. The lowest BCUT2D eigenvalue weighted by Gasteiger charge is -2.26. The lowest BCUT2D eigenvalue weighted by Crippen LogP contribution is -2.44. The molecule has 0 aliphatic carbocycles. The van der Waals surface area contributed by atoms with Crippen molar-refractivity contribution in [2.75, 3.05) is 72.9 Å². The van der Waals surface area contributed by atoms with Crippen molar-refractivity contribution in [1.82, 2.24) is 10.2 Å². The molecule has 0 aromatic rings. The summed E-state index contributed by atoms with van der Waals surface area (Å²) in [5.41, 5.74) is 0. The molecule has 0 bridgehead atoms. The van der Waals surface area contributed by atoms with Crippen LogP contribution in [0, 0.1) is 0 Å². The molecule has 0 aromatic heterocycles. The minimum absolute atomic E-state index is 0.670. The molecule has 0 radical (unpaired) electrons. The summed E-state index contributed by atoms with van der Waals surface area (Å²) in [5.74, 6) is 0. The maximum absolute atomic E-state index is 5.57. The van der Waals surface area contributed by atoms with E-state index in [0.29, 0.717) is 13.2 Å². The van der Waals surface area contributed by atoms with Crippen LogP contribution >= 0.6 is 0 Å². The average molecular weight is 246 g/mol. The lowest BCUT2D eigenvalue weighted by atomic mass is 10.3. The predicted molar refractivity (Wildman–Crippen MR) is 67.4 cm³/mol. The Morgan fingerprint density at radius 3 is 2.35 bits per heavy atom. The molecule has 0 spiro atoms. The van der Waals surface area contributed by atoms with Gasteiger partial charge in [-0.1, -0.05) is 0 Å². The van der Waals surface area contributed by atoms with Crippen LogP contribution in [0.15, 0.2) is 0 Å². The number of hydrogen-bond donors (Lipinski definition) is 1. The third-order valence-corrected chi connectivity index (χ3v) is 2.77. The first-order valence-corrected chi connectivity index (χ1v) is 6.51. The van der Waals surface area contributed by atoms with Crippen molar-refractivity contribution >= 4 is 0 Å². The topological polar surface area (TPSA) is 43.0 Å². The number of rotatable bonds is 10. The van der Waals surface area contributed by atoms with Crippen LogP contribution in [0.2, 0.25) is 0 Å². The van der Waals surface area contributed by atoms with Gasteiger partial charge in [-0.15, -0.1) is 0 Å². The second-order valence-electron chi connectivity index (χ2n) is 4.16. The van der Waals surface area contributed by atoms with Gasteiger partial charge in [-0.25, -0.2) is 0 Å². The fourth-order valence-electron chi connectivity index (χ4n) is 1.74. The second kappa shape index (κ2) is 10.9. The Bertz CT molecular complexity index is 164. The van der Waals surface area contributed by atoms with Gasteiger partial charge in [0.2, 0.25) is 0 Å². The van der Waals surface area contributed by atoms with Crippen molar-refractivity contribution in [1.29, 1.82) is 0 Å². The normalized spacial score (nSPS) is 17.5. The smallest absolute Gasteiger partial charge is 0.0700 e. The Hall–Kier alpha value is -0.200. The number of hydrogen-bond acceptors (Lipinski definition) is 5. The quantitative estimate of drug-likeness (QED) is 0.548. The fourth-order valence-corrected chi connectivity index (χ4v) is 1.74. The van der Waals surface area contributed by atoms with Crippen LogP contribution in [0.4, 0.5) is 0 Å². The minimum atomic E-state index is 0.670. The van der Waals surface area contributed by atoms with Crippen LogP contribution in [0.1, 0.15) is 6.42 Å². The summed E-state index contributed by atoms with van der Waals surface area (Å²) in [6.45, 7) is 9.27. The van der Waals surface area contributed by atoms with Crippen LogP contribution in [-0.2, 0) is 14.2 Å². The molecule has 1 N–H and O–H groups in total. The highest BCUT2D eigenvalue weighted by Gasteiger charge is 2.07. The number of nitrogens with one attached hydrogen (secondary N) is 1. The molecule has 0 unspecified atom stereocenters. The zero-order valence-electron chi connectivity index (χ0n) is 11.0. The molecule has 5 heteroatoms. The fraction of sp³-hybridized carbons (Fsp3) is 1.00. The molecular formula is C12H26N2O3. The first-order valence-electron chi connectivity index (χ1n) is 6.51. The van der Waals surface area contributed by atoms with Gasteiger partial charge in [0, 0.05) is 53.0 Å². The molecule has 0 atom stereocenters. The van der Waals surface area contributed by atoms with E-state index in [1.165, 1.54) is 0 Å². The molecule has 1 rings (SSSR count). The van der Waals surface area contributed by atoms with Crippen molar-refractivity contribution in [2.45, 2.75) is 6.42 Å². The molecule has 0 saturated carbocycles. The minimum Gasteiger partial charge on any atom is -0.382 e. The van der Waals surface area contributed by atoms with Crippen LogP contribution in [0.5, 0.6) is 0 Å². The van der Waals surface area contributed by atoms with Crippen molar-refractivity contribution in [3.8, 4) is 0 Å². The zero-order valence-corrected chi connectivity index (χ0v) is 11.0. The van der Waals surface area contributed by atoms with Crippen LogP contribution in [-0.4, -0.2) is 77.8 Å². The van der Waals surface area contributed by atoms with Gasteiger partial charge < -0.3 is 19.5 Å². The largest absolute Gasteiger partial charge is 0.382 e. The molecule has 1 aliphatic heterocycles. The molecule has 1 saturated heterocycles. The van der Waals surface area contributed by atoms with Crippen molar-refractivity contribution < 1.29 is 14.2 Å². The van der Waals surface area contributed by atoms with Crippen LogP contribution < -0.4 is 5.32 Å². The summed E-state index contributed by atoms with van der Waals surface area (Å²) in [5, 5.41) is 3.34. The molecule has 0 amide bonds. The van der Waals surface area contributed by atoms with Gasteiger partial charge in [0.1, 0.15) is 0 Å². The summed E-state index contributed by atoms with van der Waals surface area (Å²) < 4.78 is 15.8. The van der Waals surface area contributed by atoms with E-state index >= 15 is 0 Å². The number of ether oxygens (including phenoxy) is 3. The predicted octanol–water partition coefficient (Wildman–Crippen LogP) is -0.0387. The van der Waals surface area contributed by atoms with Gasteiger partial charge in [-0.05, 0) is 6.42 Å². The highest BCUT2D eigenvalue weighted by Crippen LogP contribution is 1.92. The molecule has 0 aromatic carbocycles. The summed E-state index contributed by atoms with van der Waals surface area (Å²) in [4.78, 5) is 2.44. The van der Waals surface area contributed by atoms with E-state index in [2.05, 4.69) is 10.2 Å². The van der Waals surface area contributed by atoms with E-state index in [-0.39, 0.29) is 0 Å². The van der Waals surface area contributed by atoms with Crippen molar-refractivity contribution in [3.63, 3.8) is 0 Å². The molecule has 5 nitrogen and oxygen atoms in total. The van der Waals surface area contributed by atoms with Gasteiger partial charge in [0.15, 0.2) is 0 Å². The van der Waals surface area contributed by atoms with E-state index in [1.807, 2.05) is 0 Å². The lowest BCUT2D eigenvalue weighted by molar-refractivity contribution is 0.0464. The Kier molecular flexibility index (Phi) is 9.55. The van der Waals surface area contributed by atoms with Crippen LogP contribution in [0.25, 0.3) is 0 Å². The monoisotopic (exact) mass is 246 g/mol. The van der Waals surface area contributed by atoms with Gasteiger partial charge in [-0.3, -0.25) is 4.90 Å². The number of methoxy groups -OCH3 is 1. The SMILES string of the molecule is COCCOCCCOCCN1CCNCC1. The first-order chi connectivity index (χ1) is 8.43. The third-order valence-electron chi connectivity index (χ3n) is 2.77. The standard InChI is InChI=1S/C12H26N2O3/c1-15-11-12-17-9-2-8-16-10-7-14-5-3-13-4-6-14/h13H,2-12H2,1H3. The highest BCUT2D eigenvalue weighted by atomic mass is 16.5. The molecule has 102 valence electrons. The van der Waals surface area contributed by atoms with E-state index in [9.17, 15) is 0 Å². The molecule has 1 heterocycles. The van der Waals surface area contributed by atoms with Gasteiger partial charge in [0.25, 0.3) is 0 Å². The van der Waals surface area contributed by atoms with Crippen LogP contribution in [0.3, 0.4) is 0 Å².